The Bertz CT molecular complexity index is 259. The second kappa shape index (κ2) is 6.42. The molecule has 0 aromatic carbocycles. The minimum atomic E-state index is -3.00. The number of aliphatic hydroxyl groups excluding tert-OH is 2. The maximum Gasteiger partial charge on any atom is 0.151 e. The van der Waals surface area contributed by atoms with E-state index in [0.29, 0.717) is 6.42 Å². The second-order valence-electron chi connectivity index (χ2n) is 3.96. The van der Waals surface area contributed by atoms with Crippen molar-refractivity contribution in [1.82, 2.24) is 5.32 Å². The van der Waals surface area contributed by atoms with E-state index >= 15 is 0 Å². The van der Waals surface area contributed by atoms with Crippen LogP contribution in [-0.2, 0) is 9.84 Å². The topological polar surface area (TPSA) is 86.6 Å². The molecule has 0 fully saturated rings. The zero-order valence-corrected chi connectivity index (χ0v) is 10.2. The van der Waals surface area contributed by atoms with Crippen LogP contribution in [0.1, 0.15) is 20.3 Å². The minimum Gasteiger partial charge on any atom is -0.394 e. The average molecular weight is 239 g/mol. The molecular weight excluding hydrogens is 218 g/mol. The van der Waals surface area contributed by atoms with Crippen LogP contribution < -0.4 is 5.32 Å². The summed E-state index contributed by atoms with van der Waals surface area (Å²) in [5, 5.41) is 20.7. The summed E-state index contributed by atoms with van der Waals surface area (Å²) >= 11 is 0. The molecule has 0 bridgehead atoms. The highest BCUT2D eigenvalue weighted by Gasteiger charge is 2.21. The van der Waals surface area contributed by atoms with Crippen LogP contribution in [0.2, 0.25) is 0 Å². The SMILES string of the molecule is CCCS(=O)(=O)CCNC(C)(CO)CO. The van der Waals surface area contributed by atoms with Gasteiger partial charge in [-0.15, -0.1) is 0 Å². The molecule has 0 heterocycles. The van der Waals surface area contributed by atoms with Crippen molar-refractivity contribution in [1.29, 1.82) is 0 Å². The Kier molecular flexibility index (Phi) is 6.35. The van der Waals surface area contributed by atoms with Crippen molar-refractivity contribution in [3.05, 3.63) is 0 Å². The molecule has 0 amide bonds. The molecule has 0 spiro atoms. The summed E-state index contributed by atoms with van der Waals surface area (Å²) in [5.41, 5.74) is -0.804. The number of sulfone groups is 1. The van der Waals surface area contributed by atoms with E-state index in [0.717, 1.165) is 0 Å². The van der Waals surface area contributed by atoms with Crippen molar-refractivity contribution in [2.45, 2.75) is 25.8 Å². The summed E-state index contributed by atoms with van der Waals surface area (Å²) in [7, 11) is -3.00. The van der Waals surface area contributed by atoms with E-state index < -0.39 is 15.4 Å². The Morgan fingerprint density at radius 2 is 1.73 bits per heavy atom. The van der Waals surface area contributed by atoms with E-state index in [1.807, 2.05) is 6.92 Å². The lowest BCUT2D eigenvalue weighted by Crippen LogP contribution is -2.50. The van der Waals surface area contributed by atoms with Crippen LogP contribution >= 0.6 is 0 Å². The first kappa shape index (κ1) is 14.8. The van der Waals surface area contributed by atoms with Crippen LogP contribution in [0.4, 0.5) is 0 Å². The molecule has 0 saturated heterocycles. The summed E-state index contributed by atoms with van der Waals surface area (Å²) in [6.07, 6.45) is 0.611. The quantitative estimate of drug-likeness (QED) is 0.513. The molecule has 0 atom stereocenters. The van der Waals surface area contributed by atoms with Crippen molar-refractivity contribution in [2.24, 2.45) is 0 Å². The maximum atomic E-state index is 11.3. The number of hydrogen-bond donors (Lipinski definition) is 3. The molecule has 0 aliphatic rings. The van der Waals surface area contributed by atoms with Gasteiger partial charge in [-0.2, -0.15) is 0 Å². The fourth-order valence-electron chi connectivity index (χ4n) is 1.08. The van der Waals surface area contributed by atoms with Gasteiger partial charge in [0.2, 0.25) is 0 Å². The zero-order valence-electron chi connectivity index (χ0n) is 9.36. The van der Waals surface area contributed by atoms with Gasteiger partial charge in [0.15, 0.2) is 9.84 Å². The Hall–Kier alpha value is -0.170. The van der Waals surface area contributed by atoms with E-state index in [2.05, 4.69) is 5.32 Å². The van der Waals surface area contributed by atoms with Gasteiger partial charge in [0, 0.05) is 12.3 Å². The molecule has 0 aliphatic carbocycles. The summed E-state index contributed by atoms with van der Waals surface area (Å²) < 4.78 is 22.7. The molecule has 0 aliphatic heterocycles. The van der Waals surface area contributed by atoms with E-state index in [9.17, 15) is 8.42 Å². The molecular formula is C9H21NO4S. The van der Waals surface area contributed by atoms with E-state index in [1.54, 1.807) is 6.92 Å². The first-order valence-corrected chi connectivity index (χ1v) is 6.88. The van der Waals surface area contributed by atoms with Gasteiger partial charge in [-0.25, -0.2) is 8.42 Å². The van der Waals surface area contributed by atoms with Gasteiger partial charge in [-0.05, 0) is 13.3 Å². The van der Waals surface area contributed by atoms with Crippen LogP contribution in [0.15, 0.2) is 0 Å². The number of rotatable bonds is 8. The van der Waals surface area contributed by atoms with Gasteiger partial charge in [-0.1, -0.05) is 6.92 Å². The Morgan fingerprint density at radius 3 is 2.13 bits per heavy atom. The fraction of sp³-hybridized carbons (Fsp3) is 1.00. The molecule has 0 rings (SSSR count). The van der Waals surface area contributed by atoms with Crippen LogP contribution in [0.25, 0.3) is 0 Å². The predicted octanol–water partition coefficient (Wildman–Crippen LogP) is -0.856. The normalized spacial score (nSPS) is 13.1. The maximum absolute atomic E-state index is 11.3. The molecule has 0 aromatic heterocycles. The fourth-order valence-corrected chi connectivity index (χ4v) is 2.32. The van der Waals surface area contributed by atoms with Crippen LogP contribution in [0, 0.1) is 0 Å². The molecule has 6 heteroatoms. The van der Waals surface area contributed by atoms with Crippen molar-refractivity contribution in [3.8, 4) is 0 Å². The molecule has 15 heavy (non-hydrogen) atoms. The third kappa shape index (κ3) is 6.09. The highest BCUT2D eigenvalue weighted by Crippen LogP contribution is 2.00. The predicted molar refractivity (Wildman–Crippen MR) is 59.5 cm³/mol. The van der Waals surface area contributed by atoms with Gasteiger partial charge in [-0.3, -0.25) is 0 Å². The number of nitrogens with one attached hydrogen (secondary N) is 1. The highest BCUT2D eigenvalue weighted by atomic mass is 32.2. The molecule has 92 valence electrons. The molecule has 5 nitrogen and oxygen atoms in total. The van der Waals surface area contributed by atoms with Gasteiger partial charge in [0.25, 0.3) is 0 Å². The van der Waals surface area contributed by atoms with Crippen molar-refractivity contribution in [2.75, 3.05) is 31.3 Å². The average Bonchev–Trinajstić information content (AvgIpc) is 2.17. The van der Waals surface area contributed by atoms with Crippen LogP contribution in [-0.4, -0.2) is 55.4 Å². The first-order valence-electron chi connectivity index (χ1n) is 5.06. The largest absolute Gasteiger partial charge is 0.394 e. The van der Waals surface area contributed by atoms with Crippen LogP contribution in [0.5, 0.6) is 0 Å². The Labute approximate surface area is 91.4 Å². The van der Waals surface area contributed by atoms with E-state index in [-0.39, 0.29) is 31.3 Å². The van der Waals surface area contributed by atoms with Crippen molar-refractivity contribution >= 4 is 9.84 Å². The second-order valence-corrected chi connectivity index (χ2v) is 6.26. The Balaban J connectivity index is 3.98. The lowest BCUT2D eigenvalue weighted by molar-refractivity contribution is 0.106. The van der Waals surface area contributed by atoms with Gasteiger partial charge in [0.05, 0.1) is 24.5 Å². The van der Waals surface area contributed by atoms with Crippen molar-refractivity contribution in [3.63, 3.8) is 0 Å². The first-order chi connectivity index (χ1) is 6.89. The molecule has 0 radical (unpaired) electrons. The lowest BCUT2D eigenvalue weighted by atomic mass is 10.1. The number of hydrogen-bond acceptors (Lipinski definition) is 5. The summed E-state index contributed by atoms with van der Waals surface area (Å²) in [6.45, 7) is 3.25. The monoisotopic (exact) mass is 239 g/mol. The third-order valence-electron chi connectivity index (χ3n) is 2.18. The number of aliphatic hydroxyl groups is 2. The lowest BCUT2D eigenvalue weighted by Gasteiger charge is -2.26. The third-order valence-corrected chi connectivity index (χ3v) is 4.03. The molecule has 3 N–H and O–H groups in total. The molecule has 0 saturated carbocycles. The van der Waals surface area contributed by atoms with Gasteiger partial charge < -0.3 is 15.5 Å². The van der Waals surface area contributed by atoms with Gasteiger partial charge in [0.1, 0.15) is 0 Å². The summed E-state index contributed by atoms with van der Waals surface area (Å²) in [5.74, 6) is 0.222. The smallest absolute Gasteiger partial charge is 0.151 e. The highest BCUT2D eigenvalue weighted by molar-refractivity contribution is 7.91. The van der Waals surface area contributed by atoms with E-state index in [4.69, 9.17) is 10.2 Å². The van der Waals surface area contributed by atoms with Gasteiger partial charge >= 0.3 is 0 Å². The minimum absolute atomic E-state index is 0.0381. The standard InChI is InChI=1S/C9H21NO4S/c1-3-5-15(13,14)6-4-10-9(2,7-11)8-12/h10-12H,3-8H2,1-2H3. The molecule has 0 unspecified atom stereocenters. The Morgan fingerprint density at radius 1 is 1.20 bits per heavy atom. The van der Waals surface area contributed by atoms with Crippen LogP contribution in [0.3, 0.4) is 0 Å². The summed E-state index contributed by atoms with van der Waals surface area (Å²) in [6, 6.07) is 0. The van der Waals surface area contributed by atoms with E-state index in [1.165, 1.54) is 0 Å². The zero-order chi connectivity index (χ0) is 11.9. The summed E-state index contributed by atoms with van der Waals surface area (Å²) in [4.78, 5) is 0. The van der Waals surface area contributed by atoms with Crippen molar-refractivity contribution < 1.29 is 18.6 Å². The molecule has 0 aromatic rings.